The van der Waals surface area contributed by atoms with Gasteiger partial charge in [-0.3, -0.25) is 0 Å². The molecule has 1 heterocycles. The summed E-state index contributed by atoms with van der Waals surface area (Å²) in [6.45, 7) is 2.75. The van der Waals surface area contributed by atoms with Crippen molar-refractivity contribution in [3.05, 3.63) is 64.8 Å². The number of hydrogen-bond acceptors (Lipinski definition) is 6. The number of nitrogens with one attached hydrogen (secondary N) is 2. The molecule has 7 heteroatoms. The van der Waals surface area contributed by atoms with Crippen LogP contribution >= 0.6 is 11.6 Å². The molecule has 3 aromatic rings. The summed E-state index contributed by atoms with van der Waals surface area (Å²) in [7, 11) is 3.13. The Morgan fingerprint density at radius 2 is 1.85 bits per heavy atom. The highest BCUT2D eigenvalue weighted by molar-refractivity contribution is 6.32. The van der Waals surface area contributed by atoms with Gasteiger partial charge in [-0.2, -0.15) is 4.98 Å². The third-order valence-electron chi connectivity index (χ3n) is 3.93. The Kier molecular flexibility index (Phi) is 5.98. The molecular weight excluding hydrogens is 364 g/mol. The van der Waals surface area contributed by atoms with Crippen molar-refractivity contribution >= 4 is 29.1 Å². The molecule has 0 spiro atoms. The number of anilines is 3. The molecule has 0 amide bonds. The third kappa shape index (κ3) is 4.80. The molecule has 140 valence electrons. The van der Waals surface area contributed by atoms with Gasteiger partial charge in [-0.05, 0) is 18.6 Å². The average Bonchev–Trinajstić information content (AvgIpc) is 2.68. The van der Waals surface area contributed by atoms with Gasteiger partial charge < -0.3 is 20.1 Å². The smallest absolute Gasteiger partial charge is 0.229 e. The lowest BCUT2D eigenvalue weighted by Gasteiger charge is -2.13. The molecule has 0 radical (unpaired) electrons. The van der Waals surface area contributed by atoms with Gasteiger partial charge in [0.25, 0.3) is 0 Å². The molecule has 0 unspecified atom stereocenters. The summed E-state index contributed by atoms with van der Waals surface area (Å²) in [5, 5.41) is 6.92. The van der Waals surface area contributed by atoms with Gasteiger partial charge in [-0.25, -0.2) is 4.98 Å². The lowest BCUT2D eigenvalue weighted by molar-refractivity contribution is 0.405. The first-order valence-corrected chi connectivity index (χ1v) is 8.78. The Labute approximate surface area is 163 Å². The van der Waals surface area contributed by atoms with Crippen LogP contribution in [-0.4, -0.2) is 24.2 Å². The zero-order valence-electron chi connectivity index (χ0n) is 15.4. The lowest BCUT2D eigenvalue weighted by atomic mass is 10.1. The molecule has 0 aliphatic carbocycles. The summed E-state index contributed by atoms with van der Waals surface area (Å²) >= 11 is 6.14. The molecule has 0 atom stereocenters. The molecule has 2 aromatic carbocycles. The molecule has 1 aromatic heterocycles. The van der Waals surface area contributed by atoms with E-state index >= 15 is 0 Å². The molecule has 2 N–H and O–H groups in total. The summed E-state index contributed by atoms with van der Waals surface area (Å²) in [5.41, 5.74) is 3.07. The minimum absolute atomic E-state index is 0.437. The molecule has 0 fully saturated rings. The molecule has 0 saturated heterocycles. The Balaban J connectivity index is 1.76. The van der Waals surface area contributed by atoms with Crippen LogP contribution in [0, 0.1) is 6.92 Å². The van der Waals surface area contributed by atoms with Crippen LogP contribution in [0.4, 0.5) is 17.5 Å². The fraction of sp³-hybridized carbons (Fsp3) is 0.200. The molecule has 6 nitrogen and oxygen atoms in total. The predicted octanol–water partition coefficient (Wildman–Crippen LogP) is 4.81. The van der Waals surface area contributed by atoms with Crippen LogP contribution < -0.4 is 20.1 Å². The first-order chi connectivity index (χ1) is 13.1. The van der Waals surface area contributed by atoms with E-state index in [1.807, 2.05) is 12.1 Å². The molecule has 0 bridgehead atoms. The Morgan fingerprint density at radius 1 is 1.04 bits per heavy atom. The summed E-state index contributed by atoms with van der Waals surface area (Å²) in [6, 6.07) is 13.6. The minimum atomic E-state index is 0.437. The largest absolute Gasteiger partial charge is 0.495 e. The van der Waals surface area contributed by atoms with Crippen molar-refractivity contribution < 1.29 is 9.47 Å². The van der Waals surface area contributed by atoms with Crippen molar-refractivity contribution in [2.75, 3.05) is 24.9 Å². The van der Waals surface area contributed by atoms with Crippen LogP contribution in [0.2, 0.25) is 5.02 Å². The maximum absolute atomic E-state index is 6.14. The highest BCUT2D eigenvalue weighted by Gasteiger charge is 2.11. The van der Waals surface area contributed by atoms with E-state index in [4.69, 9.17) is 21.1 Å². The molecule has 27 heavy (non-hydrogen) atoms. The van der Waals surface area contributed by atoms with Crippen molar-refractivity contribution in [2.24, 2.45) is 0 Å². The predicted molar refractivity (Wildman–Crippen MR) is 108 cm³/mol. The average molecular weight is 385 g/mol. The number of aryl methyl sites for hydroxylation is 1. The Morgan fingerprint density at radius 3 is 2.59 bits per heavy atom. The maximum Gasteiger partial charge on any atom is 0.229 e. The van der Waals surface area contributed by atoms with Gasteiger partial charge in [-0.15, -0.1) is 0 Å². The SMILES string of the molecule is COc1cc(Nc2nccc(NCc3cccc(C)c3)n2)c(OC)cc1Cl. The first-order valence-electron chi connectivity index (χ1n) is 8.40. The number of rotatable bonds is 7. The van der Waals surface area contributed by atoms with Crippen LogP contribution in [0.15, 0.2) is 48.7 Å². The van der Waals surface area contributed by atoms with Gasteiger partial charge in [0, 0.05) is 24.9 Å². The van der Waals surface area contributed by atoms with E-state index in [0.29, 0.717) is 40.5 Å². The quantitative estimate of drug-likeness (QED) is 0.609. The van der Waals surface area contributed by atoms with Crippen LogP contribution in [0.5, 0.6) is 11.5 Å². The molecule has 3 rings (SSSR count). The fourth-order valence-corrected chi connectivity index (χ4v) is 2.84. The van der Waals surface area contributed by atoms with E-state index in [0.717, 1.165) is 0 Å². The van der Waals surface area contributed by atoms with E-state index in [9.17, 15) is 0 Å². The number of halogens is 1. The van der Waals surface area contributed by atoms with Crippen molar-refractivity contribution in [1.82, 2.24) is 9.97 Å². The second-order valence-corrected chi connectivity index (χ2v) is 6.33. The van der Waals surface area contributed by atoms with Gasteiger partial charge >= 0.3 is 0 Å². The lowest BCUT2D eigenvalue weighted by Crippen LogP contribution is -2.05. The first kappa shape index (κ1) is 18.8. The van der Waals surface area contributed by atoms with Crippen LogP contribution in [0.3, 0.4) is 0 Å². The van der Waals surface area contributed by atoms with Crippen molar-refractivity contribution in [1.29, 1.82) is 0 Å². The van der Waals surface area contributed by atoms with Crippen molar-refractivity contribution in [2.45, 2.75) is 13.5 Å². The number of benzene rings is 2. The van der Waals surface area contributed by atoms with E-state index in [1.54, 1.807) is 32.5 Å². The fourth-order valence-electron chi connectivity index (χ4n) is 2.61. The van der Waals surface area contributed by atoms with E-state index in [-0.39, 0.29) is 0 Å². The Bertz CT molecular complexity index is 934. The molecule has 0 aliphatic rings. The van der Waals surface area contributed by atoms with E-state index in [2.05, 4.69) is 45.7 Å². The zero-order valence-corrected chi connectivity index (χ0v) is 16.2. The van der Waals surface area contributed by atoms with E-state index < -0.39 is 0 Å². The number of methoxy groups -OCH3 is 2. The van der Waals surface area contributed by atoms with Crippen molar-refractivity contribution in [3.8, 4) is 11.5 Å². The maximum atomic E-state index is 6.14. The van der Waals surface area contributed by atoms with Gasteiger partial charge in [-0.1, -0.05) is 41.4 Å². The number of ether oxygens (including phenoxy) is 2. The van der Waals surface area contributed by atoms with Crippen LogP contribution in [0.25, 0.3) is 0 Å². The molecule has 0 aliphatic heterocycles. The second-order valence-electron chi connectivity index (χ2n) is 5.92. The van der Waals surface area contributed by atoms with Crippen LogP contribution in [-0.2, 0) is 6.54 Å². The monoisotopic (exact) mass is 384 g/mol. The Hall–Kier alpha value is -2.99. The van der Waals surface area contributed by atoms with Crippen molar-refractivity contribution in [3.63, 3.8) is 0 Å². The topological polar surface area (TPSA) is 68.3 Å². The number of hydrogen-bond donors (Lipinski definition) is 2. The number of nitrogens with zero attached hydrogens (tertiary/aromatic N) is 2. The summed E-state index contributed by atoms with van der Waals surface area (Å²) in [6.07, 6.45) is 1.69. The second kappa shape index (κ2) is 8.60. The van der Waals surface area contributed by atoms with Gasteiger partial charge in [0.2, 0.25) is 5.95 Å². The van der Waals surface area contributed by atoms with Crippen LogP contribution in [0.1, 0.15) is 11.1 Å². The summed E-state index contributed by atoms with van der Waals surface area (Å²) in [5.74, 6) is 2.26. The third-order valence-corrected chi connectivity index (χ3v) is 4.23. The zero-order chi connectivity index (χ0) is 19.2. The molecule has 0 saturated carbocycles. The summed E-state index contributed by atoms with van der Waals surface area (Å²) in [4.78, 5) is 8.76. The normalized spacial score (nSPS) is 10.4. The van der Waals surface area contributed by atoms with Gasteiger partial charge in [0.05, 0.1) is 24.9 Å². The standard InChI is InChI=1S/C20H21ClN4O2/c1-13-5-4-6-14(9-13)12-23-19-7-8-22-20(25-19)24-16-11-17(26-2)15(21)10-18(16)27-3/h4-11H,12H2,1-3H3,(H2,22,23,24,25). The van der Waals surface area contributed by atoms with Gasteiger partial charge in [0.1, 0.15) is 17.3 Å². The minimum Gasteiger partial charge on any atom is -0.495 e. The molecular formula is C20H21ClN4O2. The summed E-state index contributed by atoms with van der Waals surface area (Å²) < 4.78 is 10.6. The van der Waals surface area contributed by atoms with E-state index in [1.165, 1.54) is 11.1 Å². The highest BCUT2D eigenvalue weighted by atomic mass is 35.5. The number of aromatic nitrogens is 2. The van der Waals surface area contributed by atoms with Gasteiger partial charge in [0.15, 0.2) is 0 Å². The highest BCUT2D eigenvalue weighted by Crippen LogP contribution is 2.36.